The van der Waals surface area contributed by atoms with E-state index in [1.807, 2.05) is 32.0 Å². The Hall–Kier alpha value is -3.22. The Morgan fingerprint density at radius 3 is 2.42 bits per heavy atom. The highest BCUT2D eigenvalue weighted by Gasteiger charge is 2.53. The van der Waals surface area contributed by atoms with Crippen molar-refractivity contribution >= 4 is 11.9 Å². The first-order valence-corrected chi connectivity index (χ1v) is 10.3. The molecular weight excluding hydrogens is 400 g/mol. The van der Waals surface area contributed by atoms with Gasteiger partial charge in [-0.25, -0.2) is 4.79 Å². The van der Waals surface area contributed by atoms with Gasteiger partial charge in [0.2, 0.25) is 5.75 Å². The second kappa shape index (κ2) is 8.13. The Morgan fingerprint density at radius 1 is 1.03 bits per heavy atom. The van der Waals surface area contributed by atoms with E-state index in [0.717, 1.165) is 16.7 Å². The molecule has 2 aromatic rings. The summed E-state index contributed by atoms with van der Waals surface area (Å²) in [5.74, 6) is 0.809. The Balaban J connectivity index is 1.74. The molecule has 7 heteroatoms. The van der Waals surface area contributed by atoms with Crippen molar-refractivity contribution in [2.45, 2.75) is 39.4 Å². The van der Waals surface area contributed by atoms with Crippen LogP contribution in [0.2, 0.25) is 0 Å². The summed E-state index contributed by atoms with van der Waals surface area (Å²) in [7, 11) is 3.09. The normalized spacial score (nSPS) is 15.8. The fourth-order valence-electron chi connectivity index (χ4n) is 3.76. The van der Waals surface area contributed by atoms with E-state index >= 15 is 0 Å². The summed E-state index contributed by atoms with van der Waals surface area (Å²) in [5, 5.41) is 0. The number of carbonyl (C=O) groups is 2. The van der Waals surface area contributed by atoms with Gasteiger partial charge in [-0.05, 0) is 50.5 Å². The Kier molecular flexibility index (Phi) is 5.52. The summed E-state index contributed by atoms with van der Waals surface area (Å²) in [6.07, 6.45) is 1.24. The lowest BCUT2D eigenvalue weighted by molar-refractivity contribution is -0.155. The molecule has 1 aliphatic heterocycles. The molecule has 0 saturated heterocycles. The minimum Gasteiger partial charge on any atom is -0.493 e. The molecule has 164 valence electrons. The van der Waals surface area contributed by atoms with Crippen molar-refractivity contribution in [2.75, 3.05) is 20.8 Å². The van der Waals surface area contributed by atoms with E-state index in [1.165, 1.54) is 7.11 Å². The molecule has 1 heterocycles. The van der Waals surface area contributed by atoms with Gasteiger partial charge in [0.1, 0.15) is 18.6 Å². The maximum absolute atomic E-state index is 12.6. The van der Waals surface area contributed by atoms with Crippen LogP contribution < -0.4 is 14.2 Å². The summed E-state index contributed by atoms with van der Waals surface area (Å²) in [5.41, 5.74) is 2.24. The van der Waals surface area contributed by atoms with Crippen LogP contribution in [0.25, 0.3) is 11.1 Å². The van der Waals surface area contributed by atoms with Crippen LogP contribution in [0, 0.1) is 5.41 Å². The third-order valence-corrected chi connectivity index (χ3v) is 5.66. The topological polar surface area (TPSA) is 80.3 Å². The van der Waals surface area contributed by atoms with Crippen molar-refractivity contribution in [1.29, 1.82) is 0 Å². The molecule has 4 rings (SSSR count). The van der Waals surface area contributed by atoms with Crippen molar-refractivity contribution < 1.29 is 33.3 Å². The number of carbonyl (C=O) groups excluding carboxylic acids is 2. The fraction of sp³-hybridized carbons (Fsp3) is 0.417. The van der Waals surface area contributed by atoms with E-state index in [1.54, 1.807) is 19.2 Å². The molecule has 2 aromatic carbocycles. The zero-order valence-electron chi connectivity index (χ0n) is 18.2. The van der Waals surface area contributed by atoms with E-state index in [9.17, 15) is 9.59 Å². The fourth-order valence-corrected chi connectivity index (χ4v) is 3.76. The second-order valence-electron chi connectivity index (χ2n) is 8.11. The maximum atomic E-state index is 12.6. The monoisotopic (exact) mass is 426 g/mol. The minimum absolute atomic E-state index is 0.166. The van der Waals surface area contributed by atoms with E-state index in [2.05, 4.69) is 0 Å². The van der Waals surface area contributed by atoms with Gasteiger partial charge in [-0.15, -0.1) is 0 Å². The van der Waals surface area contributed by atoms with Crippen LogP contribution in [0.3, 0.4) is 0 Å². The summed E-state index contributed by atoms with van der Waals surface area (Å²) in [6, 6.07) is 9.12. The first kappa shape index (κ1) is 21.0. The molecular formula is C24H26O7. The molecule has 0 N–H and O–H groups in total. The number of fused-ring (bicyclic) bond motifs is 1. The lowest BCUT2D eigenvalue weighted by Crippen LogP contribution is -2.28. The first-order chi connectivity index (χ1) is 14.9. The second-order valence-corrected chi connectivity index (χ2v) is 8.11. The summed E-state index contributed by atoms with van der Waals surface area (Å²) in [4.78, 5) is 24.6. The van der Waals surface area contributed by atoms with Crippen LogP contribution in [-0.2, 0) is 20.9 Å². The number of ether oxygens (including phenoxy) is 5. The zero-order valence-corrected chi connectivity index (χ0v) is 18.2. The van der Waals surface area contributed by atoms with Gasteiger partial charge in [0.05, 0.1) is 25.9 Å². The van der Waals surface area contributed by atoms with Crippen LogP contribution in [0.15, 0.2) is 30.3 Å². The Labute approximate surface area is 181 Å². The van der Waals surface area contributed by atoms with Gasteiger partial charge in [-0.2, -0.15) is 0 Å². The number of hydrogen-bond acceptors (Lipinski definition) is 7. The molecule has 0 amide bonds. The van der Waals surface area contributed by atoms with E-state index in [4.69, 9.17) is 23.7 Å². The van der Waals surface area contributed by atoms with E-state index in [-0.39, 0.29) is 31.3 Å². The van der Waals surface area contributed by atoms with Crippen LogP contribution in [0.5, 0.6) is 17.2 Å². The van der Waals surface area contributed by atoms with Gasteiger partial charge < -0.3 is 23.7 Å². The summed E-state index contributed by atoms with van der Waals surface area (Å²) < 4.78 is 28.0. The largest absolute Gasteiger partial charge is 0.493 e. The molecule has 0 spiro atoms. The van der Waals surface area contributed by atoms with Gasteiger partial charge in [-0.1, -0.05) is 12.1 Å². The quantitative estimate of drug-likeness (QED) is 0.587. The highest BCUT2D eigenvalue weighted by molar-refractivity contribution is 5.96. The van der Waals surface area contributed by atoms with Crippen LogP contribution >= 0.6 is 0 Å². The zero-order chi connectivity index (χ0) is 22.2. The average molecular weight is 426 g/mol. The van der Waals surface area contributed by atoms with Gasteiger partial charge in [0.25, 0.3) is 0 Å². The Morgan fingerprint density at radius 2 is 1.77 bits per heavy atom. The smallest absolute Gasteiger partial charge is 0.338 e. The van der Waals surface area contributed by atoms with Gasteiger partial charge >= 0.3 is 11.9 Å². The van der Waals surface area contributed by atoms with Crippen LogP contribution in [-0.4, -0.2) is 38.9 Å². The number of esters is 2. The molecule has 0 atom stereocenters. The predicted molar refractivity (Wildman–Crippen MR) is 112 cm³/mol. The van der Waals surface area contributed by atoms with Crippen LogP contribution in [0.4, 0.5) is 0 Å². The predicted octanol–water partition coefficient (Wildman–Crippen LogP) is 4.15. The standard InChI is InChI=1S/C24H26O7/c1-14(2)31-23(26)24(10-11-24)13-30-20-16(8-9-19(27-3)21(20)28-4)15-6-5-7-17-18(15)12-29-22(17)25/h5-9,14H,10-13H2,1-4H3. The van der Waals surface area contributed by atoms with Crippen LogP contribution in [0.1, 0.15) is 42.6 Å². The number of rotatable bonds is 8. The molecule has 0 unspecified atom stereocenters. The molecule has 0 aromatic heterocycles. The molecule has 0 bridgehead atoms. The molecule has 1 saturated carbocycles. The Bertz CT molecular complexity index is 1020. The molecule has 0 radical (unpaired) electrons. The average Bonchev–Trinajstić information content (AvgIpc) is 3.47. The lowest BCUT2D eigenvalue weighted by Gasteiger charge is -2.22. The van der Waals surface area contributed by atoms with Gasteiger partial charge in [0.15, 0.2) is 11.5 Å². The van der Waals surface area contributed by atoms with Crippen molar-refractivity contribution in [2.24, 2.45) is 5.41 Å². The molecule has 31 heavy (non-hydrogen) atoms. The highest BCUT2D eigenvalue weighted by Crippen LogP contribution is 2.51. The molecule has 2 aliphatic rings. The van der Waals surface area contributed by atoms with E-state index < -0.39 is 5.41 Å². The van der Waals surface area contributed by atoms with Crippen molar-refractivity contribution in [3.05, 3.63) is 41.5 Å². The third-order valence-electron chi connectivity index (χ3n) is 5.66. The molecule has 1 aliphatic carbocycles. The number of benzene rings is 2. The van der Waals surface area contributed by atoms with Crippen molar-refractivity contribution in [3.8, 4) is 28.4 Å². The summed E-state index contributed by atoms with van der Waals surface area (Å²) >= 11 is 0. The SMILES string of the molecule is COc1ccc(-c2cccc3c2COC3=O)c(OCC2(C(=O)OC(C)C)CC2)c1OC. The van der Waals surface area contributed by atoms with Gasteiger partial charge in [-0.3, -0.25) is 4.79 Å². The minimum atomic E-state index is -0.645. The molecule has 1 fully saturated rings. The summed E-state index contributed by atoms with van der Waals surface area (Å²) in [6.45, 7) is 4.02. The lowest BCUT2D eigenvalue weighted by atomic mass is 9.95. The number of hydrogen-bond donors (Lipinski definition) is 0. The highest BCUT2D eigenvalue weighted by atomic mass is 16.6. The van der Waals surface area contributed by atoms with Crippen molar-refractivity contribution in [1.82, 2.24) is 0 Å². The molecule has 7 nitrogen and oxygen atoms in total. The first-order valence-electron chi connectivity index (χ1n) is 10.3. The van der Waals surface area contributed by atoms with Gasteiger partial charge in [0, 0.05) is 11.1 Å². The number of methoxy groups -OCH3 is 2. The third kappa shape index (κ3) is 3.80. The van der Waals surface area contributed by atoms with E-state index in [0.29, 0.717) is 35.7 Å². The van der Waals surface area contributed by atoms with Crippen molar-refractivity contribution in [3.63, 3.8) is 0 Å². The maximum Gasteiger partial charge on any atom is 0.338 e. The number of cyclic esters (lactones) is 1.